The van der Waals surface area contributed by atoms with Crippen molar-refractivity contribution in [1.82, 2.24) is 15.0 Å². The summed E-state index contributed by atoms with van der Waals surface area (Å²) in [7, 11) is 0. The molecule has 0 bridgehead atoms. The summed E-state index contributed by atoms with van der Waals surface area (Å²) in [5, 5.41) is 5.10. The Hall–Kier alpha value is -1.33. The number of thiophene rings is 1. The van der Waals surface area contributed by atoms with Gasteiger partial charge in [-0.15, -0.1) is 11.3 Å². The minimum atomic E-state index is 0.847. The number of aromatic amines is 1. The van der Waals surface area contributed by atoms with Crippen LogP contribution in [0.15, 0.2) is 34.2 Å². The standard InChI is InChI=1S/C12H11N3S2/c1-8-2-3-9(13-4-8)5-17-12-14-10-6-16-7-11(10)15-12/h2-4,6-7H,5H2,1H3,(H,14,15). The molecule has 3 rings (SSSR count). The average molecular weight is 261 g/mol. The number of fused-ring (bicyclic) bond motifs is 1. The van der Waals surface area contributed by atoms with Crippen LogP contribution in [0.3, 0.4) is 0 Å². The van der Waals surface area contributed by atoms with Gasteiger partial charge in [0.15, 0.2) is 5.16 Å². The lowest BCUT2D eigenvalue weighted by atomic mass is 10.3. The summed E-state index contributed by atoms with van der Waals surface area (Å²) in [6.45, 7) is 2.05. The van der Waals surface area contributed by atoms with Gasteiger partial charge in [-0.1, -0.05) is 17.8 Å². The van der Waals surface area contributed by atoms with Crippen molar-refractivity contribution < 1.29 is 0 Å². The zero-order valence-electron chi connectivity index (χ0n) is 9.30. The Bertz CT molecular complexity index is 596. The summed E-state index contributed by atoms with van der Waals surface area (Å²) in [5.74, 6) is 0.847. The second-order valence-electron chi connectivity index (χ2n) is 3.83. The highest BCUT2D eigenvalue weighted by molar-refractivity contribution is 7.98. The van der Waals surface area contributed by atoms with Gasteiger partial charge in [-0.25, -0.2) is 4.98 Å². The van der Waals surface area contributed by atoms with Crippen LogP contribution < -0.4 is 0 Å². The van der Waals surface area contributed by atoms with E-state index < -0.39 is 0 Å². The van der Waals surface area contributed by atoms with Gasteiger partial charge in [0, 0.05) is 22.7 Å². The monoisotopic (exact) mass is 261 g/mol. The Morgan fingerprint density at radius 2 is 2.29 bits per heavy atom. The molecule has 0 atom stereocenters. The van der Waals surface area contributed by atoms with E-state index in [9.17, 15) is 0 Å². The fourth-order valence-electron chi connectivity index (χ4n) is 1.52. The molecule has 0 aromatic carbocycles. The molecule has 0 spiro atoms. The minimum Gasteiger partial charge on any atom is -0.332 e. The third kappa shape index (κ3) is 2.35. The quantitative estimate of drug-likeness (QED) is 0.732. The first kappa shape index (κ1) is 10.8. The van der Waals surface area contributed by atoms with E-state index in [-0.39, 0.29) is 0 Å². The third-order valence-electron chi connectivity index (χ3n) is 2.43. The molecule has 3 aromatic heterocycles. The molecule has 3 aromatic rings. The van der Waals surface area contributed by atoms with Crippen LogP contribution in [0, 0.1) is 6.92 Å². The van der Waals surface area contributed by atoms with Crippen LogP contribution in [0.5, 0.6) is 0 Å². The molecule has 0 fully saturated rings. The Morgan fingerprint density at radius 3 is 3.06 bits per heavy atom. The fourth-order valence-corrected chi connectivity index (χ4v) is 3.01. The van der Waals surface area contributed by atoms with Gasteiger partial charge in [0.1, 0.15) is 5.52 Å². The molecule has 3 nitrogen and oxygen atoms in total. The Labute approximate surface area is 107 Å². The molecule has 0 aliphatic rings. The van der Waals surface area contributed by atoms with E-state index in [1.54, 1.807) is 23.1 Å². The SMILES string of the molecule is Cc1ccc(CSc2nc3cscc3[nH]2)nc1. The normalized spacial score (nSPS) is 11.1. The van der Waals surface area contributed by atoms with Crippen molar-refractivity contribution in [2.24, 2.45) is 0 Å². The molecule has 0 unspecified atom stereocenters. The molecule has 0 radical (unpaired) electrons. The molecule has 1 N–H and O–H groups in total. The smallest absolute Gasteiger partial charge is 0.166 e. The highest BCUT2D eigenvalue weighted by Crippen LogP contribution is 2.24. The summed E-state index contributed by atoms with van der Waals surface area (Å²) in [6, 6.07) is 4.15. The van der Waals surface area contributed by atoms with Crippen LogP contribution in [0.25, 0.3) is 11.0 Å². The average Bonchev–Trinajstić information content (AvgIpc) is 2.88. The predicted octanol–water partition coefficient (Wildman–Crippen LogP) is 3.62. The van der Waals surface area contributed by atoms with Crippen molar-refractivity contribution in [3.05, 3.63) is 40.3 Å². The second kappa shape index (κ2) is 4.50. The van der Waals surface area contributed by atoms with Gasteiger partial charge in [-0.2, -0.15) is 0 Å². The largest absolute Gasteiger partial charge is 0.332 e. The first-order valence-corrected chi connectivity index (χ1v) is 7.20. The van der Waals surface area contributed by atoms with Crippen molar-refractivity contribution in [1.29, 1.82) is 0 Å². The number of rotatable bonds is 3. The summed E-state index contributed by atoms with van der Waals surface area (Å²) >= 11 is 3.35. The van der Waals surface area contributed by atoms with E-state index in [2.05, 4.69) is 37.8 Å². The Balaban J connectivity index is 1.71. The number of imidazole rings is 1. The molecule has 0 aliphatic carbocycles. The molecule has 86 valence electrons. The Morgan fingerprint density at radius 1 is 1.35 bits per heavy atom. The van der Waals surface area contributed by atoms with Crippen LogP contribution in [-0.4, -0.2) is 15.0 Å². The van der Waals surface area contributed by atoms with E-state index in [4.69, 9.17) is 0 Å². The van der Waals surface area contributed by atoms with Gasteiger partial charge >= 0.3 is 0 Å². The van der Waals surface area contributed by atoms with E-state index in [0.29, 0.717) is 0 Å². The van der Waals surface area contributed by atoms with Crippen molar-refractivity contribution in [2.75, 3.05) is 0 Å². The number of nitrogens with one attached hydrogen (secondary N) is 1. The van der Waals surface area contributed by atoms with Crippen LogP contribution in [0.2, 0.25) is 0 Å². The number of nitrogens with zero attached hydrogens (tertiary/aromatic N) is 2. The van der Waals surface area contributed by atoms with Crippen LogP contribution >= 0.6 is 23.1 Å². The van der Waals surface area contributed by atoms with E-state index in [1.165, 1.54) is 5.56 Å². The van der Waals surface area contributed by atoms with Crippen molar-refractivity contribution in [3.63, 3.8) is 0 Å². The topological polar surface area (TPSA) is 41.6 Å². The zero-order chi connectivity index (χ0) is 11.7. The minimum absolute atomic E-state index is 0.847. The van der Waals surface area contributed by atoms with Crippen molar-refractivity contribution >= 4 is 34.1 Å². The fraction of sp³-hybridized carbons (Fsp3) is 0.167. The van der Waals surface area contributed by atoms with Crippen LogP contribution in [-0.2, 0) is 5.75 Å². The number of thioether (sulfide) groups is 1. The van der Waals surface area contributed by atoms with Crippen LogP contribution in [0.4, 0.5) is 0 Å². The first-order valence-electron chi connectivity index (χ1n) is 5.27. The van der Waals surface area contributed by atoms with E-state index in [1.807, 2.05) is 13.1 Å². The third-order valence-corrected chi connectivity index (χ3v) is 4.07. The summed E-state index contributed by atoms with van der Waals surface area (Å²) in [4.78, 5) is 12.2. The number of hydrogen-bond donors (Lipinski definition) is 1. The molecule has 17 heavy (non-hydrogen) atoms. The number of hydrogen-bond acceptors (Lipinski definition) is 4. The number of aryl methyl sites for hydroxylation is 1. The van der Waals surface area contributed by atoms with E-state index in [0.717, 1.165) is 27.6 Å². The van der Waals surface area contributed by atoms with Gasteiger partial charge in [-0.05, 0) is 18.6 Å². The maximum absolute atomic E-state index is 4.50. The lowest BCUT2D eigenvalue weighted by Gasteiger charge is -1.98. The molecule has 0 amide bonds. The highest BCUT2D eigenvalue weighted by Gasteiger charge is 2.04. The number of aromatic nitrogens is 3. The molecule has 0 saturated heterocycles. The van der Waals surface area contributed by atoms with Gasteiger partial charge in [0.25, 0.3) is 0 Å². The molecular formula is C12H11N3S2. The van der Waals surface area contributed by atoms with Crippen molar-refractivity contribution in [3.8, 4) is 0 Å². The summed E-state index contributed by atoms with van der Waals surface area (Å²) < 4.78 is 0. The molecule has 3 heterocycles. The molecular weight excluding hydrogens is 250 g/mol. The van der Waals surface area contributed by atoms with Crippen LogP contribution in [0.1, 0.15) is 11.3 Å². The maximum Gasteiger partial charge on any atom is 0.166 e. The second-order valence-corrected chi connectivity index (χ2v) is 5.54. The van der Waals surface area contributed by atoms with E-state index >= 15 is 0 Å². The number of H-pyrrole nitrogens is 1. The molecule has 5 heteroatoms. The summed E-state index contributed by atoms with van der Waals surface area (Å²) in [6.07, 6.45) is 1.90. The maximum atomic E-state index is 4.50. The lowest BCUT2D eigenvalue weighted by molar-refractivity contribution is 1.07. The molecule has 0 saturated carbocycles. The van der Waals surface area contributed by atoms with Gasteiger partial charge in [0.05, 0.1) is 11.2 Å². The highest BCUT2D eigenvalue weighted by atomic mass is 32.2. The van der Waals surface area contributed by atoms with Gasteiger partial charge in [-0.3, -0.25) is 4.98 Å². The van der Waals surface area contributed by atoms with Crippen molar-refractivity contribution in [2.45, 2.75) is 17.8 Å². The first-order chi connectivity index (χ1) is 8.31. The predicted molar refractivity (Wildman–Crippen MR) is 72.5 cm³/mol. The van der Waals surface area contributed by atoms with Gasteiger partial charge < -0.3 is 4.98 Å². The lowest BCUT2D eigenvalue weighted by Crippen LogP contribution is -1.87. The van der Waals surface area contributed by atoms with Gasteiger partial charge in [0.2, 0.25) is 0 Å². The zero-order valence-corrected chi connectivity index (χ0v) is 10.9. The summed E-state index contributed by atoms with van der Waals surface area (Å²) in [5.41, 5.74) is 4.44. The molecule has 0 aliphatic heterocycles. The Kier molecular flexibility index (Phi) is 2.86. The number of pyridine rings is 1.